The number of benzene rings is 7. The maximum atomic E-state index is 14.5. The van der Waals surface area contributed by atoms with Crippen molar-refractivity contribution < 1.29 is 38.5 Å². The van der Waals surface area contributed by atoms with Crippen molar-refractivity contribution in [3.63, 3.8) is 0 Å². The molecule has 0 atom stereocenters. The average molecular weight is 1140 g/mol. The zero-order chi connectivity index (χ0) is 53.3. The summed E-state index contributed by atoms with van der Waals surface area (Å²) in [6.07, 6.45) is 1.76. The van der Waals surface area contributed by atoms with Crippen LogP contribution in [0.1, 0.15) is 77.9 Å². The van der Waals surface area contributed by atoms with Crippen molar-refractivity contribution in [1.82, 2.24) is 14.5 Å². The molecule has 0 bridgehead atoms. The Morgan fingerprint density at radius 3 is 2.16 bits per heavy atom. The molecule has 0 amide bonds. The first kappa shape index (κ1) is 40.0. The minimum absolute atomic E-state index is 0. The van der Waals surface area contributed by atoms with Crippen molar-refractivity contribution in [2.75, 3.05) is 0 Å². The molecule has 3 aromatic heterocycles. The van der Waals surface area contributed by atoms with Gasteiger partial charge in [0, 0.05) is 40.9 Å². The summed E-state index contributed by atoms with van der Waals surface area (Å²) in [5, 5.41) is 2.03. The maximum Gasteiger partial charge on any atom is 0.121 e. The van der Waals surface area contributed by atoms with E-state index in [1.54, 1.807) is 38.2 Å². The zero-order valence-corrected chi connectivity index (χ0v) is 44.3. The van der Waals surface area contributed by atoms with Gasteiger partial charge in [0.05, 0.1) is 22.4 Å². The maximum absolute atomic E-state index is 14.5. The normalized spacial score (nSPS) is 13.9. The van der Waals surface area contributed by atoms with Gasteiger partial charge in [0.1, 0.15) is 5.58 Å². The van der Waals surface area contributed by atoms with Gasteiger partial charge in [0.2, 0.25) is 0 Å². The van der Waals surface area contributed by atoms with Crippen LogP contribution < -0.4 is 4.40 Å². The van der Waals surface area contributed by atoms with Gasteiger partial charge in [-0.15, -0.1) is 17.7 Å². The fourth-order valence-corrected chi connectivity index (χ4v) is 12.1. The number of rotatable bonds is 7. The Balaban J connectivity index is 0.000000244. The molecule has 0 aliphatic rings. The fraction of sp³-hybridized carbons (Fsp3) is 0.213. The number of pyridine rings is 1. The van der Waals surface area contributed by atoms with Crippen LogP contribution in [0, 0.1) is 38.6 Å². The van der Waals surface area contributed by atoms with E-state index in [0.29, 0.717) is 11.3 Å². The van der Waals surface area contributed by atoms with Gasteiger partial charge in [-0.1, -0.05) is 129 Å². The molecular weight excluding hydrogens is 1070 g/mol. The number of para-hydroxylation sites is 2. The molecule has 345 valence electrons. The van der Waals surface area contributed by atoms with Crippen molar-refractivity contribution in [2.24, 2.45) is 0 Å². The predicted molar refractivity (Wildman–Crippen MR) is 282 cm³/mol. The number of imidazole rings is 1. The van der Waals surface area contributed by atoms with Gasteiger partial charge in [0.25, 0.3) is 0 Å². The summed E-state index contributed by atoms with van der Waals surface area (Å²) in [5.74, 6) is 5.93. The first-order valence-corrected chi connectivity index (χ1v) is 29.9. The molecule has 0 saturated carbocycles. The summed E-state index contributed by atoms with van der Waals surface area (Å²) in [5.41, 5.74) is 13.2. The third kappa shape index (κ3) is 9.56. The standard InChI is InChI=1S/C43H35N2O.C18H23FGeN.Ir/c1-27-15-18-29(19-16-27)31-20-23-33-39(25-31)46-41-34(22-17-28(2)40(33)41)42-44-36-13-9-10-14-38(36)45(42)37-24-21-32(43(3,4)5)26-35(37)30-11-7-6-8-12-30;1-12(2)15-10-18(21-11-17(15)20(4,5)6)14-8-7-13(3)9-16(14)19;/h6-21,23-26H,1-5H3;7,9-12H,1-6H3;/q2*-1;/i1D3;3D3,12D;. The van der Waals surface area contributed by atoms with Gasteiger partial charge in [-0.3, -0.25) is 4.98 Å². The van der Waals surface area contributed by atoms with Crippen LogP contribution in [0.25, 0.3) is 83.6 Å². The average Bonchev–Trinajstić information content (AvgIpc) is 3.92. The Bertz CT molecular complexity index is 3730. The molecule has 0 unspecified atom stereocenters. The van der Waals surface area contributed by atoms with Crippen molar-refractivity contribution >= 4 is 50.6 Å². The molecular formula is C61H58FGeIrN3O-2. The number of hydrogen-bond donors (Lipinski definition) is 0. The van der Waals surface area contributed by atoms with Crippen molar-refractivity contribution in [3.8, 4) is 50.6 Å². The Hall–Kier alpha value is -5.92. The van der Waals surface area contributed by atoms with Gasteiger partial charge in [-0.25, -0.2) is 0 Å². The van der Waals surface area contributed by atoms with Gasteiger partial charge in [-0.2, -0.15) is 0 Å². The smallest absolute Gasteiger partial charge is 0.121 e. The second-order valence-electron chi connectivity index (χ2n) is 19.5. The molecule has 0 spiro atoms. The number of halogens is 1. The summed E-state index contributed by atoms with van der Waals surface area (Å²) < 4.78 is 78.3. The van der Waals surface area contributed by atoms with Crippen molar-refractivity contribution in [2.45, 2.75) is 83.8 Å². The van der Waals surface area contributed by atoms with Crippen LogP contribution in [0.5, 0.6) is 0 Å². The third-order valence-electron chi connectivity index (χ3n) is 12.3. The van der Waals surface area contributed by atoms with Crippen LogP contribution in [0.2, 0.25) is 17.3 Å². The molecule has 68 heavy (non-hydrogen) atoms. The minimum atomic E-state index is -2.37. The van der Waals surface area contributed by atoms with E-state index in [2.05, 4.69) is 139 Å². The Labute approximate surface area is 427 Å². The summed E-state index contributed by atoms with van der Waals surface area (Å²) >= 11 is -2.25. The summed E-state index contributed by atoms with van der Waals surface area (Å²) in [4.78, 5) is 9.63. The quantitative estimate of drug-likeness (QED) is 0.118. The zero-order valence-electron chi connectivity index (χ0n) is 46.8. The number of nitrogens with zero attached hydrogens (tertiary/aromatic N) is 3. The Morgan fingerprint density at radius 1 is 0.765 bits per heavy atom. The molecule has 7 aromatic carbocycles. The first-order chi connectivity index (χ1) is 34.7. The van der Waals surface area contributed by atoms with E-state index in [1.165, 1.54) is 11.6 Å². The monoisotopic (exact) mass is 1140 g/mol. The summed E-state index contributed by atoms with van der Waals surface area (Å²) in [7, 11) is 0. The van der Waals surface area contributed by atoms with Crippen LogP contribution in [-0.2, 0) is 25.5 Å². The number of hydrogen-bond acceptors (Lipinski definition) is 3. The van der Waals surface area contributed by atoms with E-state index in [4.69, 9.17) is 19.0 Å². The van der Waals surface area contributed by atoms with Crippen molar-refractivity contribution in [1.29, 1.82) is 0 Å². The van der Waals surface area contributed by atoms with Gasteiger partial charge in [-0.05, 0) is 64.9 Å². The van der Waals surface area contributed by atoms with Crippen LogP contribution in [0.4, 0.5) is 4.39 Å². The van der Waals surface area contributed by atoms with Crippen LogP contribution in [-0.4, -0.2) is 27.8 Å². The Kier molecular flexibility index (Phi) is 11.3. The summed E-state index contributed by atoms with van der Waals surface area (Å²) in [6.45, 7) is 7.91. The van der Waals surface area contributed by atoms with Gasteiger partial charge >= 0.3 is 135 Å². The molecule has 10 aromatic rings. The molecule has 0 aliphatic carbocycles. The van der Waals surface area contributed by atoms with E-state index in [0.717, 1.165) is 93.9 Å². The van der Waals surface area contributed by atoms with Crippen LogP contribution >= 0.6 is 0 Å². The van der Waals surface area contributed by atoms with Crippen LogP contribution in [0.15, 0.2) is 150 Å². The molecule has 1 radical (unpaired) electrons. The molecule has 0 aliphatic heterocycles. The molecule has 0 saturated heterocycles. The summed E-state index contributed by atoms with van der Waals surface area (Å²) in [6, 6.07) is 51.1. The largest absolute Gasteiger partial charge is 0.501 e. The second kappa shape index (κ2) is 19.2. The topological polar surface area (TPSA) is 43.9 Å². The van der Waals surface area contributed by atoms with E-state index in [9.17, 15) is 4.39 Å². The molecule has 0 N–H and O–H groups in total. The first-order valence-electron chi connectivity index (χ1n) is 26.1. The molecule has 7 heteroatoms. The number of aryl methyl sites for hydroxylation is 3. The molecule has 0 fully saturated rings. The van der Waals surface area contributed by atoms with E-state index < -0.39 is 38.7 Å². The number of aromatic nitrogens is 3. The second-order valence-corrected chi connectivity index (χ2v) is 30.1. The van der Waals surface area contributed by atoms with E-state index in [-0.39, 0.29) is 36.6 Å². The molecule has 10 rings (SSSR count). The third-order valence-corrected chi connectivity index (χ3v) is 16.6. The fourth-order valence-electron chi connectivity index (χ4n) is 8.74. The van der Waals surface area contributed by atoms with Gasteiger partial charge < -0.3 is 8.98 Å². The number of furan rings is 1. The predicted octanol–water partition coefficient (Wildman–Crippen LogP) is 16.3. The van der Waals surface area contributed by atoms with E-state index in [1.807, 2.05) is 36.4 Å². The van der Waals surface area contributed by atoms with Gasteiger partial charge in [0.15, 0.2) is 0 Å². The SMILES string of the molecule is [2H]C([2H])([2H])c1c[c-]c(-c2cc(C([2H])(C)C)[c]([Ge]([CH3])([CH3])[CH3])cn2)c(F)c1.[2H]C([2H])([2H])c1ccc(-c2ccc3c(c2)oc2c(-c4nc5ccccc5n4-c4ccc(C(C)(C)C)cc4-c4ccccc4)[c-]cc(C)c23)cc1.[Ir]. The Morgan fingerprint density at radius 2 is 1.47 bits per heavy atom. The van der Waals surface area contributed by atoms with E-state index >= 15 is 0 Å². The molecule has 4 nitrogen and oxygen atoms in total. The minimum Gasteiger partial charge on any atom is -0.501 e. The molecule has 3 heterocycles. The van der Waals surface area contributed by atoms with Crippen LogP contribution in [0.3, 0.4) is 0 Å². The van der Waals surface area contributed by atoms with Crippen molar-refractivity contribution in [3.05, 3.63) is 191 Å². The number of fused-ring (bicyclic) bond motifs is 4.